The highest BCUT2D eigenvalue weighted by molar-refractivity contribution is 9.10. The molecular weight excluding hydrogens is 567 g/mol. The van der Waals surface area contributed by atoms with Crippen molar-refractivity contribution in [2.75, 3.05) is 12.1 Å². The molecule has 0 radical (unpaired) electrons. The Bertz CT molecular complexity index is 1210. The SMILES string of the molecule is CCC(=O)c1ccc(F)c(C2CC2NC(=O)Nc2ccc(Br)cn2)c1OC(=O)OCOC(=O)[C@@H](N)C(C)C. The third-order valence-corrected chi connectivity index (χ3v) is 6.23. The molecule has 2 unspecified atom stereocenters. The van der Waals surface area contributed by atoms with Crippen LogP contribution in [0.5, 0.6) is 5.75 Å². The fourth-order valence-electron chi connectivity index (χ4n) is 3.50. The first kappa shape index (κ1) is 29.0. The Hall–Kier alpha value is -3.58. The van der Waals surface area contributed by atoms with Crippen molar-refractivity contribution in [1.29, 1.82) is 0 Å². The van der Waals surface area contributed by atoms with Crippen LogP contribution >= 0.6 is 15.9 Å². The highest BCUT2D eigenvalue weighted by Crippen LogP contribution is 2.47. The molecule has 1 fully saturated rings. The van der Waals surface area contributed by atoms with Crippen molar-refractivity contribution in [1.82, 2.24) is 10.3 Å². The van der Waals surface area contributed by atoms with Gasteiger partial charge in [0.2, 0.25) is 6.79 Å². The smallest absolute Gasteiger partial charge is 0.427 e. The highest BCUT2D eigenvalue weighted by Gasteiger charge is 2.44. The first-order valence-electron chi connectivity index (χ1n) is 11.8. The Morgan fingerprint density at radius 3 is 2.55 bits per heavy atom. The summed E-state index contributed by atoms with van der Waals surface area (Å²) in [7, 11) is 0. The molecule has 0 aliphatic heterocycles. The van der Waals surface area contributed by atoms with E-state index in [1.807, 2.05) is 0 Å². The molecule has 204 valence electrons. The van der Waals surface area contributed by atoms with Crippen molar-refractivity contribution in [3.8, 4) is 5.75 Å². The van der Waals surface area contributed by atoms with Crippen LogP contribution in [0.1, 0.15) is 55.5 Å². The van der Waals surface area contributed by atoms with Crippen molar-refractivity contribution in [3.05, 3.63) is 51.9 Å². The van der Waals surface area contributed by atoms with Gasteiger partial charge in [-0.2, -0.15) is 0 Å². The van der Waals surface area contributed by atoms with Crippen molar-refractivity contribution in [2.45, 2.75) is 51.6 Å². The second-order valence-corrected chi connectivity index (χ2v) is 9.79. The minimum absolute atomic E-state index is 0.0196. The Labute approximate surface area is 226 Å². The molecule has 1 aromatic heterocycles. The van der Waals surface area contributed by atoms with E-state index in [9.17, 15) is 23.6 Å². The van der Waals surface area contributed by atoms with E-state index in [0.717, 1.165) is 10.5 Å². The van der Waals surface area contributed by atoms with E-state index in [-0.39, 0.29) is 29.2 Å². The molecule has 4 N–H and O–H groups in total. The number of ether oxygens (including phenoxy) is 3. The lowest BCUT2D eigenvalue weighted by Crippen LogP contribution is -2.37. The van der Waals surface area contributed by atoms with Crippen molar-refractivity contribution < 1.29 is 37.8 Å². The molecule has 2 aromatic rings. The number of benzene rings is 1. The van der Waals surface area contributed by atoms with E-state index >= 15 is 0 Å². The zero-order chi connectivity index (χ0) is 28.0. The van der Waals surface area contributed by atoms with Gasteiger partial charge >= 0.3 is 18.2 Å². The van der Waals surface area contributed by atoms with Gasteiger partial charge in [-0.15, -0.1) is 0 Å². The van der Waals surface area contributed by atoms with Crippen LogP contribution < -0.4 is 21.1 Å². The monoisotopic (exact) mass is 594 g/mol. The third kappa shape index (κ3) is 7.48. The summed E-state index contributed by atoms with van der Waals surface area (Å²) >= 11 is 3.26. The van der Waals surface area contributed by atoms with Gasteiger partial charge in [0, 0.05) is 34.6 Å². The van der Waals surface area contributed by atoms with Gasteiger partial charge in [0.25, 0.3) is 0 Å². The quantitative estimate of drug-likeness (QED) is 0.158. The van der Waals surface area contributed by atoms with E-state index in [2.05, 4.69) is 31.5 Å². The van der Waals surface area contributed by atoms with E-state index in [4.69, 9.17) is 19.9 Å². The number of carbonyl (C=O) groups excluding carboxylic acids is 4. The lowest BCUT2D eigenvalue weighted by molar-refractivity contribution is -0.155. The Morgan fingerprint density at radius 1 is 1.18 bits per heavy atom. The number of nitrogens with one attached hydrogen (secondary N) is 2. The van der Waals surface area contributed by atoms with Crippen LogP contribution in [-0.4, -0.2) is 47.8 Å². The molecular formula is C25H28BrFN4O7. The van der Waals surface area contributed by atoms with E-state index in [1.165, 1.54) is 12.3 Å². The van der Waals surface area contributed by atoms with Gasteiger partial charge in [0.1, 0.15) is 17.7 Å². The van der Waals surface area contributed by atoms with Crippen LogP contribution in [0.3, 0.4) is 0 Å². The molecule has 0 saturated heterocycles. The summed E-state index contributed by atoms with van der Waals surface area (Å²) in [5, 5.41) is 5.28. The van der Waals surface area contributed by atoms with Crippen molar-refractivity contribution >= 4 is 45.7 Å². The van der Waals surface area contributed by atoms with E-state index in [0.29, 0.717) is 12.2 Å². The summed E-state index contributed by atoms with van der Waals surface area (Å²) in [6, 6.07) is 3.66. The fraction of sp³-hybridized carbons (Fsp3) is 0.400. The molecule has 1 aromatic carbocycles. The number of pyridine rings is 1. The van der Waals surface area contributed by atoms with Crippen LogP contribution in [0.4, 0.5) is 19.8 Å². The predicted octanol–water partition coefficient (Wildman–Crippen LogP) is 4.25. The number of halogens is 2. The molecule has 38 heavy (non-hydrogen) atoms. The van der Waals surface area contributed by atoms with Crippen LogP contribution in [0.15, 0.2) is 34.9 Å². The summed E-state index contributed by atoms with van der Waals surface area (Å²) in [5.74, 6) is -2.66. The number of nitrogens with two attached hydrogens (primary N) is 1. The predicted molar refractivity (Wildman–Crippen MR) is 137 cm³/mol. The Kier molecular flexibility index (Phi) is 9.75. The first-order valence-corrected chi connectivity index (χ1v) is 12.6. The number of urea groups is 1. The number of esters is 1. The van der Waals surface area contributed by atoms with E-state index < -0.39 is 54.6 Å². The third-order valence-electron chi connectivity index (χ3n) is 5.76. The minimum atomic E-state index is -1.31. The summed E-state index contributed by atoms with van der Waals surface area (Å²) in [4.78, 5) is 53.2. The number of Topliss-reactive ketones (excluding diaryl/α,β-unsaturated/α-hetero) is 1. The summed E-state index contributed by atoms with van der Waals surface area (Å²) < 4.78 is 30.6. The highest BCUT2D eigenvalue weighted by atomic mass is 79.9. The summed E-state index contributed by atoms with van der Waals surface area (Å²) in [6.07, 6.45) is 0.606. The average Bonchev–Trinajstić information content (AvgIpc) is 3.62. The van der Waals surface area contributed by atoms with Crippen molar-refractivity contribution in [3.63, 3.8) is 0 Å². The molecule has 1 aliphatic carbocycles. The Balaban J connectivity index is 1.70. The maximum absolute atomic E-state index is 15.0. The first-order chi connectivity index (χ1) is 18.0. The topological polar surface area (TPSA) is 159 Å². The summed E-state index contributed by atoms with van der Waals surface area (Å²) in [5.41, 5.74) is 5.61. The Morgan fingerprint density at radius 2 is 1.92 bits per heavy atom. The maximum atomic E-state index is 15.0. The second kappa shape index (κ2) is 12.8. The number of ketones is 1. The molecule has 3 atom stereocenters. The normalized spacial score (nSPS) is 16.8. The zero-order valence-corrected chi connectivity index (χ0v) is 22.5. The number of rotatable bonds is 10. The van der Waals surface area contributed by atoms with Crippen LogP contribution in [0, 0.1) is 11.7 Å². The number of aromatic nitrogens is 1. The molecule has 11 nitrogen and oxygen atoms in total. The molecule has 3 rings (SSSR count). The minimum Gasteiger partial charge on any atom is -0.427 e. The van der Waals surface area contributed by atoms with Crippen LogP contribution in [-0.2, 0) is 14.3 Å². The second-order valence-electron chi connectivity index (χ2n) is 8.87. The molecule has 2 amide bonds. The molecule has 0 bridgehead atoms. The number of hydrogen-bond donors (Lipinski definition) is 3. The number of carbonyl (C=O) groups is 4. The number of anilines is 1. The molecule has 1 aliphatic rings. The van der Waals surface area contributed by atoms with Gasteiger partial charge in [-0.1, -0.05) is 20.8 Å². The standard InChI is InChI=1S/C25H28BrFN4O7/c1-4-18(32)14-6-7-16(27)20(22(14)38-25(35)37-11-36-23(33)21(28)12(2)3)15-9-17(15)30-24(34)31-19-8-5-13(26)10-29-19/h5-8,10,12,15,17,21H,4,9,11,28H2,1-3H3,(H2,29,30,31,34)/t15?,17?,21-/m0/s1. The van der Waals surface area contributed by atoms with Gasteiger partial charge in [0.15, 0.2) is 11.5 Å². The van der Waals surface area contributed by atoms with Crippen LogP contribution in [0.2, 0.25) is 0 Å². The molecule has 13 heteroatoms. The number of amides is 2. The zero-order valence-electron chi connectivity index (χ0n) is 21.0. The largest absolute Gasteiger partial charge is 0.516 e. The molecule has 0 spiro atoms. The van der Waals surface area contributed by atoms with Gasteiger partial charge in [-0.05, 0) is 52.5 Å². The van der Waals surface area contributed by atoms with E-state index in [1.54, 1.807) is 32.9 Å². The molecule has 1 saturated carbocycles. The lowest BCUT2D eigenvalue weighted by atomic mass is 10.00. The van der Waals surface area contributed by atoms with Gasteiger partial charge in [-0.3, -0.25) is 14.9 Å². The average molecular weight is 595 g/mol. The maximum Gasteiger partial charge on any atom is 0.516 e. The summed E-state index contributed by atoms with van der Waals surface area (Å²) in [6.45, 7) is 4.27. The fourth-order valence-corrected chi connectivity index (χ4v) is 3.74. The van der Waals surface area contributed by atoms with Gasteiger partial charge in [0.05, 0.1) is 5.56 Å². The van der Waals surface area contributed by atoms with Gasteiger partial charge < -0.3 is 25.3 Å². The number of hydrogen-bond acceptors (Lipinski definition) is 9. The molecule has 1 heterocycles. The van der Waals surface area contributed by atoms with Crippen molar-refractivity contribution in [2.24, 2.45) is 11.7 Å². The number of nitrogens with zero attached hydrogens (tertiary/aromatic N) is 1. The van der Waals surface area contributed by atoms with Crippen LogP contribution in [0.25, 0.3) is 0 Å². The van der Waals surface area contributed by atoms with Gasteiger partial charge in [-0.25, -0.2) is 19.0 Å². The lowest BCUT2D eigenvalue weighted by Gasteiger charge is -2.16.